The van der Waals surface area contributed by atoms with Gasteiger partial charge in [-0.3, -0.25) is 4.99 Å². The predicted molar refractivity (Wildman–Crippen MR) is 88.9 cm³/mol. The van der Waals surface area contributed by atoms with Crippen molar-refractivity contribution in [3.05, 3.63) is 0 Å². The number of thioether (sulfide) groups is 1. The first-order chi connectivity index (χ1) is 8.94. The molecule has 0 spiro atoms. The Kier molecular flexibility index (Phi) is 6.72. The topological polar surface area (TPSA) is 24.4 Å². The Morgan fingerprint density at radius 1 is 1.16 bits per heavy atom. The standard InChI is InChI=1S/C16H32N2S/c1-7-16(8-2)10-18-15(19-11-16)17-9-14(12(3)4)13(5)6/h12-14H,7-11H2,1-6H3,(H,17,18). The molecular weight excluding hydrogens is 252 g/mol. The molecule has 0 atom stereocenters. The smallest absolute Gasteiger partial charge is 0.156 e. The monoisotopic (exact) mass is 284 g/mol. The molecule has 0 aliphatic carbocycles. The first kappa shape index (κ1) is 16.9. The van der Waals surface area contributed by atoms with E-state index in [1.165, 1.54) is 23.8 Å². The van der Waals surface area contributed by atoms with Gasteiger partial charge in [0.1, 0.15) is 0 Å². The van der Waals surface area contributed by atoms with Crippen molar-refractivity contribution in [2.45, 2.75) is 54.4 Å². The van der Waals surface area contributed by atoms with Crippen molar-refractivity contribution < 1.29 is 0 Å². The van der Waals surface area contributed by atoms with Crippen molar-refractivity contribution in [2.24, 2.45) is 28.2 Å². The Labute approximate surface area is 124 Å². The second kappa shape index (κ2) is 7.56. The Balaban J connectivity index is 2.49. The molecule has 0 saturated carbocycles. The Morgan fingerprint density at radius 2 is 1.74 bits per heavy atom. The Morgan fingerprint density at radius 3 is 2.11 bits per heavy atom. The van der Waals surface area contributed by atoms with Crippen LogP contribution in [0.3, 0.4) is 0 Å². The lowest BCUT2D eigenvalue weighted by Gasteiger charge is -2.34. The minimum atomic E-state index is 0.450. The third kappa shape index (κ3) is 4.70. The second-order valence-electron chi connectivity index (χ2n) is 6.65. The Hall–Kier alpha value is -0.180. The maximum absolute atomic E-state index is 4.78. The van der Waals surface area contributed by atoms with Gasteiger partial charge in [0.15, 0.2) is 5.17 Å². The van der Waals surface area contributed by atoms with Crippen molar-refractivity contribution in [3.8, 4) is 0 Å². The van der Waals surface area contributed by atoms with Gasteiger partial charge in [-0.15, -0.1) is 0 Å². The summed E-state index contributed by atoms with van der Waals surface area (Å²) in [5, 5.41) is 4.75. The van der Waals surface area contributed by atoms with Crippen LogP contribution >= 0.6 is 11.8 Å². The highest BCUT2D eigenvalue weighted by atomic mass is 32.2. The number of nitrogens with zero attached hydrogens (tertiary/aromatic N) is 1. The average Bonchev–Trinajstić information content (AvgIpc) is 2.39. The third-order valence-electron chi connectivity index (χ3n) is 4.77. The summed E-state index contributed by atoms with van der Waals surface area (Å²) in [7, 11) is 0. The molecule has 0 unspecified atom stereocenters. The quantitative estimate of drug-likeness (QED) is 0.781. The highest BCUT2D eigenvalue weighted by Gasteiger charge is 2.30. The van der Waals surface area contributed by atoms with Gasteiger partial charge in [0.05, 0.1) is 0 Å². The molecule has 0 saturated heterocycles. The van der Waals surface area contributed by atoms with Crippen LogP contribution < -0.4 is 5.32 Å². The molecule has 1 aliphatic rings. The fourth-order valence-electron chi connectivity index (χ4n) is 2.78. The van der Waals surface area contributed by atoms with Crippen LogP contribution in [-0.4, -0.2) is 24.0 Å². The molecule has 0 aromatic rings. The molecule has 2 nitrogen and oxygen atoms in total. The van der Waals surface area contributed by atoms with Crippen LogP contribution in [0.2, 0.25) is 0 Å². The summed E-state index contributed by atoms with van der Waals surface area (Å²) in [6.07, 6.45) is 2.49. The number of hydrogen-bond acceptors (Lipinski definition) is 3. The molecule has 0 amide bonds. The van der Waals surface area contributed by atoms with Crippen molar-refractivity contribution in [2.75, 3.05) is 18.8 Å². The van der Waals surface area contributed by atoms with Crippen LogP contribution in [0, 0.1) is 23.2 Å². The summed E-state index contributed by atoms with van der Waals surface area (Å²) < 4.78 is 0. The summed E-state index contributed by atoms with van der Waals surface area (Å²) >= 11 is 1.92. The molecule has 0 fully saturated rings. The molecule has 0 bridgehead atoms. The lowest BCUT2D eigenvalue weighted by atomic mass is 9.84. The van der Waals surface area contributed by atoms with Gasteiger partial charge in [-0.25, -0.2) is 0 Å². The molecular formula is C16H32N2S. The highest BCUT2D eigenvalue weighted by molar-refractivity contribution is 8.13. The van der Waals surface area contributed by atoms with E-state index in [0.717, 1.165) is 30.8 Å². The van der Waals surface area contributed by atoms with E-state index in [1.807, 2.05) is 11.8 Å². The van der Waals surface area contributed by atoms with E-state index in [2.05, 4.69) is 46.9 Å². The van der Waals surface area contributed by atoms with Crippen molar-refractivity contribution in [1.29, 1.82) is 0 Å². The zero-order valence-electron chi connectivity index (χ0n) is 13.6. The molecule has 0 aromatic carbocycles. The van der Waals surface area contributed by atoms with E-state index in [1.54, 1.807) is 0 Å². The SMILES string of the molecule is CCC1(CC)CN=C(NCC(C(C)C)C(C)C)SC1. The highest BCUT2D eigenvalue weighted by Crippen LogP contribution is 2.34. The lowest BCUT2D eigenvalue weighted by molar-refractivity contribution is 0.287. The van der Waals surface area contributed by atoms with Gasteiger partial charge in [0, 0.05) is 18.8 Å². The summed E-state index contributed by atoms with van der Waals surface area (Å²) in [6.45, 7) is 15.9. The van der Waals surface area contributed by atoms with Crippen LogP contribution in [0.5, 0.6) is 0 Å². The lowest BCUT2D eigenvalue weighted by Crippen LogP contribution is -2.38. The zero-order valence-corrected chi connectivity index (χ0v) is 14.4. The van der Waals surface area contributed by atoms with Gasteiger partial charge in [-0.2, -0.15) is 0 Å². The number of hydrogen-bond donors (Lipinski definition) is 1. The van der Waals surface area contributed by atoms with Crippen LogP contribution in [0.4, 0.5) is 0 Å². The molecule has 19 heavy (non-hydrogen) atoms. The van der Waals surface area contributed by atoms with Gasteiger partial charge < -0.3 is 5.32 Å². The predicted octanol–water partition coefficient (Wildman–Crippen LogP) is 4.41. The van der Waals surface area contributed by atoms with E-state index < -0.39 is 0 Å². The second-order valence-corrected chi connectivity index (χ2v) is 7.61. The maximum atomic E-state index is 4.78. The first-order valence-corrected chi connectivity index (χ1v) is 8.83. The fraction of sp³-hybridized carbons (Fsp3) is 0.938. The van der Waals surface area contributed by atoms with Gasteiger partial charge in [-0.1, -0.05) is 53.3 Å². The summed E-state index contributed by atoms with van der Waals surface area (Å²) in [5.74, 6) is 3.41. The molecule has 3 heteroatoms. The number of aliphatic imine (C=N–C) groups is 1. The molecule has 112 valence electrons. The van der Waals surface area contributed by atoms with Gasteiger partial charge >= 0.3 is 0 Å². The van der Waals surface area contributed by atoms with Gasteiger partial charge in [0.25, 0.3) is 0 Å². The third-order valence-corrected chi connectivity index (χ3v) is 6.08. The van der Waals surface area contributed by atoms with Crippen molar-refractivity contribution in [1.82, 2.24) is 5.32 Å². The van der Waals surface area contributed by atoms with Crippen LogP contribution in [0.25, 0.3) is 0 Å². The minimum absolute atomic E-state index is 0.450. The van der Waals surface area contributed by atoms with E-state index in [4.69, 9.17) is 4.99 Å². The molecule has 1 heterocycles. The molecule has 1 N–H and O–H groups in total. The molecule has 0 radical (unpaired) electrons. The van der Waals surface area contributed by atoms with Crippen LogP contribution in [0.15, 0.2) is 4.99 Å². The van der Waals surface area contributed by atoms with E-state index >= 15 is 0 Å². The number of rotatable bonds is 6. The van der Waals surface area contributed by atoms with E-state index in [0.29, 0.717) is 5.41 Å². The average molecular weight is 285 g/mol. The molecule has 1 rings (SSSR count). The Bertz CT molecular complexity index is 285. The zero-order chi connectivity index (χ0) is 14.5. The van der Waals surface area contributed by atoms with E-state index in [-0.39, 0.29) is 0 Å². The maximum Gasteiger partial charge on any atom is 0.156 e. The fourth-order valence-corrected chi connectivity index (χ4v) is 4.07. The van der Waals surface area contributed by atoms with Gasteiger partial charge in [0.2, 0.25) is 0 Å². The summed E-state index contributed by atoms with van der Waals surface area (Å²) in [5.41, 5.74) is 0.450. The van der Waals surface area contributed by atoms with Crippen LogP contribution in [-0.2, 0) is 0 Å². The number of nitrogens with one attached hydrogen (secondary N) is 1. The van der Waals surface area contributed by atoms with E-state index in [9.17, 15) is 0 Å². The first-order valence-electron chi connectivity index (χ1n) is 7.85. The molecule has 0 aromatic heterocycles. The summed E-state index contributed by atoms with van der Waals surface area (Å²) in [6, 6.07) is 0. The van der Waals surface area contributed by atoms with Crippen molar-refractivity contribution >= 4 is 16.9 Å². The minimum Gasteiger partial charge on any atom is -0.365 e. The normalized spacial score (nSPS) is 19.1. The molecule has 1 aliphatic heterocycles. The van der Waals surface area contributed by atoms with Crippen LogP contribution in [0.1, 0.15) is 54.4 Å². The number of amidine groups is 1. The largest absolute Gasteiger partial charge is 0.365 e. The van der Waals surface area contributed by atoms with Gasteiger partial charge in [-0.05, 0) is 36.0 Å². The van der Waals surface area contributed by atoms with Crippen molar-refractivity contribution in [3.63, 3.8) is 0 Å². The summed E-state index contributed by atoms with van der Waals surface area (Å²) in [4.78, 5) is 4.78.